The summed E-state index contributed by atoms with van der Waals surface area (Å²) >= 11 is 0. The van der Waals surface area contributed by atoms with E-state index in [2.05, 4.69) is 11.4 Å². The molecule has 1 aromatic carbocycles. The number of hydrogen-bond donors (Lipinski definition) is 2. The van der Waals surface area contributed by atoms with Crippen LogP contribution in [0.1, 0.15) is 48.1 Å². The molecule has 0 spiro atoms. The number of furan rings is 1. The van der Waals surface area contributed by atoms with Gasteiger partial charge in [0.25, 0.3) is 0 Å². The number of benzene rings is 1. The van der Waals surface area contributed by atoms with E-state index in [1.54, 1.807) is 19.1 Å². The van der Waals surface area contributed by atoms with Crippen LogP contribution >= 0.6 is 0 Å². The number of aryl methyl sites for hydroxylation is 2. The number of rotatable bonds is 5. The van der Waals surface area contributed by atoms with Gasteiger partial charge in [0.15, 0.2) is 0 Å². The third-order valence-electron chi connectivity index (χ3n) is 3.91. The van der Waals surface area contributed by atoms with Crippen LogP contribution in [0.25, 0.3) is 0 Å². The maximum atomic E-state index is 10.7. The average Bonchev–Trinajstić information content (AvgIpc) is 2.84. The van der Waals surface area contributed by atoms with Gasteiger partial charge in [0.05, 0.1) is 11.6 Å². The van der Waals surface area contributed by atoms with Gasteiger partial charge in [-0.1, -0.05) is 12.1 Å². The zero-order valence-corrected chi connectivity index (χ0v) is 13.5. The Balaban J connectivity index is 2.04. The Kier molecular flexibility index (Phi) is 4.70. The molecule has 0 fully saturated rings. The van der Waals surface area contributed by atoms with Crippen LogP contribution < -0.4 is 5.32 Å². The fourth-order valence-corrected chi connectivity index (χ4v) is 2.58. The quantitative estimate of drug-likeness (QED) is 0.888. The van der Waals surface area contributed by atoms with Crippen LogP contribution in [0.5, 0.6) is 0 Å². The van der Waals surface area contributed by atoms with E-state index in [0.717, 1.165) is 22.6 Å². The van der Waals surface area contributed by atoms with Crippen LogP contribution in [0.2, 0.25) is 0 Å². The van der Waals surface area contributed by atoms with Crippen molar-refractivity contribution in [2.75, 3.05) is 6.54 Å². The largest absolute Gasteiger partial charge is 0.466 e. The smallest absolute Gasteiger partial charge is 0.107 e. The molecule has 2 aromatic rings. The van der Waals surface area contributed by atoms with Crippen molar-refractivity contribution in [2.24, 2.45) is 0 Å². The lowest BCUT2D eigenvalue weighted by Gasteiger charge is -2.26. The molecule has 2 rings (SSSR count). The minimum atomic E-state index is -0.997. The Morgan fingerprint density at radius 1 is 1.32 bits per heavy atom. The lowest BCUT2D eigenvalue weighted by atomic mass is 9.95. The molecule has 0 amide bonds. The van der Waals surface area contributed by atoms with E-state index in [1.165, 1.54) is 0 Å². The van der Waals surface area contributed by atoms with Gasteiger partial charge in [0.1, 0.15) is 17.1 Å². The molecule has 0 saturated carbocycles. The van der Waals surface area contributed by atoms with Crippen molar-refractivity contribution >= 4 is 0 Å². The molecule has 0 aliphatic heterocycles. The molecule has 2 N–H and O–H groups in total. The number of hydrogen-bond acceptors (Lipinski definition) is 4. The maximum absolute atomic E-state index is 10.7. The van der Waals surface area contributed by atoms with Crippen LogP contribution in [0.4, 0.5) is 0 Å². The fraction of sp³-hybridized carbons (Fsp3) is 0.389. The standard InChI is InChI=1S/C18H22N2O2/c1-12-9-17(14(3)22-12)18(4,21)11-20-13(2)16-7-5-15(10-19)6-8-16/h5-9,13,20-21H,11H2,1-4H3. The number of nitrogens with zero attached hydrogens (tertiary/aromatic N) is 1. The van der Waals surface area contributed by atoms with Gasteiger partial charge in [-0.15, -0.1) is 0 Å². The van der Waals surface area contributed by atoms with E-state index >= 15 is 0 Å². The Bertz CT molecular complexity index is 678. The molecule has 22 heavy (non-hydrogen) atoms. The van der Waals surface area contributed by atoms with Gasteiger partial charge in [-0.05, 0) is 51.5 Å². The molecule has 4 nitrogen and oxygen atoms in total. The topological polar surface area (TPSA) is 69.2 Å². The van der Waals surface area contributed by atoms with Gasteiger partial charge in [-0.2, -0.15) is 5.26 Å². The highest BCUT2D eigenvalue weighted by Crippen LogP contribution is 2.27. The molecule has 4 heteroatoms. The van der Waals surface area contributed by atoms with E-state index in [9.17, 15) is 5.11 Å². The highest BCUT2D eigenvalue weighted by molar-refractivity contribution is 5.33. The van der Waals surface area contributed by atoms with Crippen molar-refractivity contribution in [1.82, 2.24) is 5.32 Å². The highest BCUT2D eigenvalue weighted by atomic mass is 16.3. The lowest BCUT2D eigenvalue weighted by molar-refractivity contribution is 0.0529. The molecule has 2 atom stereocenters. The first kappa shape index (κ1) is 16.3. The summed E-state index contributed by atoms with van der Waals surface area (Å²) < 4.78 is 5.50. The molecule has 0 aliphatic rings. The first-order valence-corrected chi connectivity index (χ1v) is 7.37. The van der Waals surface area contributed by atoms with Gasteiger partial charge in [0.2, 0.25) is 0 Å². The predicted molar refractivity (Wildman–Crippen MR) is 85.3 cm³/mol. The van der Waals surface area contributed by atoms with E-state index in [-0.39, 0.29) is 6.04 Å². The van der Waals surface area contributed by atoms with Crippen LogP contribution in [0, 0.1) is 25.2 Å². The van der Waals surface area contributed by atoms with Gasteiger partial charge in [-0.25, -0.2) is 0 Å². The molecule has 116 valence electrons. The molecular formula is C18H22N2O2. The molecular weight excluding hydrogens is 276 g/mol. The van der Waals surface area contributed by atoms with Crippen molar-refractivity contribution in [3.63, 3.8) is 0 Å². The van der Waals surface area contributed by atoms with Gasteiger partial charge >= 0.3 is 0 Å². The third-order valence-corrected chi connectivity index (χ3v) is 3.91. The van der Waals surface area contributed by atoms with Crippen molar-refractivity contribution in [3.05, 3.63) is 58.5 Å². The van der Waals surface area contributed by atoms with E-state index in [0.29, 0.717) is 12.1 Å². The number of nitriles is 1. The summed E-state index contributed by atoms with van der Waals surface area (Å²) in [4.78, 5) is 0. The van der Waals surface area contributed by atoms with Crippen molar-refractivity contribution in [2.45, 2.75) is 39.3 Å². The maximum Gasteiger partial charge on any atom is 0.107 e. The Morgan fingerprint density at radius 3 is 2.45 bits per heavy atom. The number of aliphatic hydroxyl groups is 1. The van der Waals surface area contributed by atoms with Crippen LogP contribution in [0.3, 0.4) is 0 Å². The Morgan fingerprint density at radius 2 is 1.95 bits per heavy atom. The van der Waals surface area contributed by atoms with E-state index in [1.807, 2.05) is 39.0 Å². The molecule has 1 aromatic heterocycles. The molecule has 1 heterocycles. The van der Waals surface area contributed by atoms with Crippen molar-refractivity contribution in [1.29, 1.82) is 5.26 Å². The van der Waals surface area contributed by atoms with Gasteiger partial charge in [0, 0.05) is 18.2 Å². The summed E-state index contributed by atoms with van der Waals surface area (Å²) in [5.74, 6) is 1.54. The summed E-state index contributed by atoms with van der Waals surface area (Å²) in [6.45, 7) is 7.96. The Labute approximate surface area is 131 Å². The minimum Gasteiger partial charge on any atom is -0.466 e. The second kappa shape index (κ2) is 6.35. The monoisotopic (exact) mass is 298 g/mol. The molecule has 2 unspecified atom stereocenters. The summed E-state index contributed by atoms with van der Waals surface area (Å²) in [6, 6.07) is 11.5. The van der Waals surface area contributed by atoms with Gasteiger partial charge in [-0.3, -0.25) is 0 Å². The zero-order chi connectivity index (χ0) is 16.3. The SMILES string of the molecule is Cc1cc(C(C)(O)CNC(C)c2ccc(C#N)cc2)c(C)o1. The van der Waals surface area contributed by atoms with Crippen LogP contribution in [0.15, 0.2) is 34.7 Å². The molecule has 0 bridgehead atoms. The predicted octanol–water partition coefficient (Wildman–Crippen LogP) is 3.33. The lowest BCUT2D eigenvalue weighted by Crippen LogP contribution is -2.36. The fourth-order valence-electron chi connectivity index (χ4n) is 2.58. The average molecular weight is 298 g/mol. The van der Waals surface area contributed by atoms with Crippen LogP contribution in [-0.4, -0.2) is 11.7 Å². The number of nitrogens with one attached hydrogen (secondary N) is 1. The molecule has 0 aliphatic carbocycles. The summed E-state index contributed by atoms with van der Waals surface area (Å²) in [5, 5.41) is 22.9. The van der Waals surface area contributed by atoms with Gasteiger partial charge < -0.3 is 14.8 Å². The first-order valence-electron chi connectivity index (χ1n) is 7.37. The van der Waals surface area contributed by atoms with Crippen LogP contribution in [-0.2, 0) is 5.60 Å². The Hall–Kier alpha value is -2.09. The normalized spacial score (nSPS) is 15.1. The zero-order valence-electron chi connectivity index (χ0n) is 13.5. The first-order chi connectivity index (χ1) is 10.3. The molecule has 0 radical (unpaired) electrons. The second-order valence-corrected chi connectivity index (χ2v) is 5.94. The summed E-state index contributed by atoms with van der Waals surface area (Å²) in [7, 11) is 0. The molecule has 0 saturated heterocycles. The minimum absolute atomic E-state index is 0.0764. The second-order valence-electron chi connectivity index (χ2n) is 5.94. The summed E-state index contributed by atoms with van der Waals surface area (Å²) in [5.41, 5.74) is 1.54. The van der Waals surface area contributed by atoms with E-state index < -0.39 is 5.60 Å². The highest BCUT2D eigenvalue weighted by Gasteiger charge is 2.28. The third kappa shape index (κ3) is 3.56. The van der Waals surface area contributed by atoms with E-state index in [4.69, 9.17) is 9.68 Å². The van der Waals surface area contributed by atoms with Crippen molar-refractivity contribution < 1.29 is 9.52 Å². The summed E-state index contributed by atoms with van der Waals surface area (Å²) in [6.07, 6.45) is 0. The van der Waals surface area contributed by atoms with Crippen molar-refractivity contribution in [3.8, 4) is 6.07 Å².